The summed E-state index contributed by atoms with van der Waals surface area (Å²) in [6.07, 6.45) is 0.864. The Kier molecular flexibility index (Phi) is 4.93. The van der Waals surface area contributed by atoms with E-state index in [2.05, 4.69) is 15.9 Å². The van der Waals surface area contributed by atoms with Crippen molar-refractivity contribution in [2.75, 3.05) is 6.54 Å². The van der Waals surface area contributed by atoms with E-state index < -0.39 is 0 Å². The van der Waals surface area contributed by atoms with E-state index in [9.17, 15) is 4.39 Å². The van der Waals surface area contributed by atoms with Gasteiger partial charge in [-0.25, -0.2) is 4.39 Å². The number of benzene rings is 2. The summed E-state index contributed by atoms with van der Waals surface area (Å²) in [5, 5.41) is 0. The van der Waals surface area contributed by atoms with Gasteiger partial charge in [-0.15, -0.1) is 0 Å². The van der Waals surface area contributed by atoms with Crippen LogP contribution in [0.2, 0.25) is 0 Å². The van der Waals surface area contributed by atoms with E-state index in [4.69, 9.17) is 10.5 Å². The molecule has 0 aromatic heterocycles. The predicted octanol–water partition coefficient (Wildman–Crippen LogP) is 3.67. The minimum atomic E-state index is -0.367. The van der Waals surface area contributed by atoms with Crippen LogP contribution in [0.15, 0.2) is 46.9 Å². The topological polar surface area (TPSA) is 35.2 Å². The molecule has 0 bridgehead atoms. The molecule has 4 heteroatoms. The third-order valence-electron chi connectivity index (χ3n) is 2.74. The molecule has 0 aliphatic heterocycles. The number of halogens is 2. The first-order chi connectivity index (χ1) is 9.19. The van der Waals surface area contributed by atoms with Crippen LogP contribution in [-0.2, 0) is 13.0 Å². The smallest absolute Gasteiger partial charge is 0.166 e. The lowest BCUT2D eigenvalue weighted by Crippen LogP contribution is -2.03. The van der Waals surface area contributed by atoms with Gasteiger partial charge in [-0.05, 0) is 42.3 Å². The van der Waals surface area contributed by atoms with E-state index in [1.165, 1.54) is 11.6 Å². The van der Waals surface area contributed by atoms with Gasteiger partial charge in [0.15, 0.2) is 11.6 Å². The van der Waals surface area contributed by atoms with E-state index >= 15 is 0 Å². The summed E-state index contributed by atoms with van der Waals surface area (Å²) < 4.78 is 19.7. The van der Waals surface area contributed by atoms with Gasteiger partial charge in [0, 0.05) is 4.47 Å². The zero-order valence-electron chi connectivity index (χ0n) is 10.4. The number of rotatable bonds is 5. The summed E-state index contributed by atoms with van der Waals surface area (Å²) >= 11 is 3.21. The van der Waals surface area contributed by atoms with Crippen LogP contribution in [0, 0.1) is 5.82 Å². The van der Waals surface area contributed by atoms with Gasteiger partial charge in [-0.1, -0.05) is 40.2 Å². The number of hydrogen-bond acceptors (Lipinski definition) is 2. The average Bonchev–Trinajstić information content (AvgIpc) is 2.40. The molecular weight excluding hydrogens is 309 g/mol. The average molecular weight is 324 g/mol. The van der Waals surface area contributed by atoms with E-state index in [0.717, 1.165) is 12.0 Å². The third-order valence-corrected chi connectivity index (χ3v) is 3.24. The fourth-order valence-electron chi connectivity index (χ4n) is 1.72. The zero-order valence-corrected chi connectivity index (χ0v) is 12.0. The second-order valence-electron chi connectivity index (χ2n) is 4.22. The fourth-order valence-corrected chi connectivity index (χ4v) is 2.06. The SMILES string of the molecule is NCCc1ccc(COc2ccc(Br)cc2F)cc1. The van der Waals surface area contributed by atoms with Crippen molar-refractivity contribution in [1.29, 1.82) is 0 Å². The summed E-state index contributed by atoms with van der Waals surface area (Å²) in [5.41, 5.74) is 7.69. The lowest BCUT2D eigenvalue weighted by molar-refractivity contribution is 0.290. The van der Waals surface area contributed by atoms with Gasteiger partial charge in [0.1, 0.15) is 6.61 Å². The quantitative estimate of drug-likeness (QED) is 0.911. The summed E-state index contributed by atoms with van der Waals surface area (Å²) in [6, 6.07) is 12.7. The first-order valence-electron chi connectivity index (χ1n) is 6.05. The van der Waals surface area contributed by atoms with Crippen LogP contribution in [0.4, 0.5) is 4.39 Å². The van der Waals surface area contributed by atoms with Crippen LogP contribution < -0.4 is 10.5 Å². The van der Waals surface area contributed by atoms with Crippen molar-refractivity contribution < 1.29 is 9.13 Å². The second-order valence-corrected chi connectivity index (χ2v) is 5.13. The van der Waals surface area contributed by atoms with Gasteiger partial charge >= 0.3 is 0 Å². The highest BCUT2D eigenvalue weighted by Gasteiger charge is 2.04. The number of nitrogens with two attached hydrogens (primary N) is 1. The highest BCUT2D eigenvalue weighted by molar-refractivity contribution is 9.10. The molecule has 2 rings (SSSR count). The van der Waals surface area contributed by atoms with Gasteiger partial charge in [0.25, 0.3) is 0 Å². The van der Waals surface area contributed by atoms with Gasteiger partial charge < -0.3 is 10.5 Å². The molecule has 0 heterocycles. The standard InChI is InChI=1S/C15H15BrFNO/c16-13-5-6-15(14(17)9-13)19-10-12-3-1-11(2-4-12)7-8-18/h1-6,9H,7-8,10,18H2. The van der Waals surface area contributed by atoms with Gasteiger partial charge in [0.05, 0.1) is 0 Å². The summed E-state index contributed by atoms with van der Waals surface area (Å²) in [7, 11) is 0. The van der Waals surface area contributed by atoms with Crippen molar-refractivity contribution in [3.8, 4) is 5.75 Å². The molecular formula is C15H15BrFNO. The van der Waals surface area contributed by atoms with Gasteiger partial charge in [-0.3, -0.25) is 0 Å². The molecule has 0 aliphatic carbocycles. The van der Waals surface area contributed by atoms with E-state index in [1.807, 2.05) is 24.3 Å². The molecule has 0 amide bonds. The van der Waals surface area contributed by atoms with Gasteiger partial charge in [0.2, 0.25) is 0 Å². The fraction of sp³-hybridized carbons (Fsp3) is 0.200. The number of ether oxygens (including phenoxy) is 1. The van der Waals surface area contributed by atoms with E-state index in [1.54, 1.807) is 12.1 Å². The first kappa shape index (κ1) is 14.0. The summed E-state index contributed by atoms with van der Waals surface area (Å²) in [5.74, 6) is -0.108. The van der Waals surface area contributed by atoms with Crippen LogP contribution in [0.5, 0.6) is 5.75 Å². The van der Waals surface area contributed by atoms with Crippen molar-refractivity contribution in [3.63, 3.8) is 0 Å². The highest BCUT2D eigenvalue weighted by atomic mass is 79.9. The van der Waals surface area contributed by atoms with Crippen LogP contribution in [0.1, 0.15) is 11.1 Å². The molecule has 0 radical (unpaired) electrons. The van der Waals surface area contributed by atoms with E-state index in [-0.39, 0.29) is 11.6 Å². The van der Waals surface area contributed by atoms with Crippen LogP contribution in [0.3, 0.4) is 0 Å². The minimum Gasteiger partial charge on any atom is -0.486 e. The third kappa shape index (κ3) is 4.04. The Morgan fingerprint density at radius 3 is 2.37 bits per heavy atom. The van der Waals surface area contributed by atoms with Crippen LogP contribution in [0.25, 0.3) is 0 Å². The molecule has 0 spiro atoms. The molecule has 0 atom stereocenters. The Hall–Kier alpha value is -1.39. The van der Waals surface area contributed by atoms with Crippen molar-refractivity contribution in [1.82, 2.24) is 0 Å². The molecule has 100 valence electrons. The van der Waals surface area contributed by atoms with Crippen molar-refractivity contribution in [2.45, 2.75) is 13.0 Å². The Morgan fingerprint density at radius 1 is 1.05 bits per heavy atom. The predicted molar refractivity (Wildman–Crippen MR) is 77.6 cm³/mol. The van der Waals surface area contributed by atoms with Crippen molar-refractivity contribution in [3.05, 3.63) is 63.9 Å². The summed E-state index contributed by atoms with van der Waals surface area (Å²) in [4.78, 5) is 0. The second kappa shape index (κ2) is 6.68. The van der Waals surface area contributed by atoms with Crippen LogP contribution >= 0.6 is 15.9 Å². The van der Waals surface area contributed by atoms with Gasteiger partial charge in [-0.2, -0.15) is 0 Å². The van der Waals surface area contributed by atoms with Crippen molar-refractivity contribution >= 4 is 15.9 Å². The molecule has 19 heavy (non-hydrogen) atoms. The lowest BCUT2D eigenvalue weighted by Gasteiger charge is -2.08. The largest absolute Gasteiger partial charge is 0.486 e. The molecule has 0 saturated heterocycles. The molecule has 0 saturated carbocycles. The molecule has 2 aromatic rings. The monoisotopic (exact) mass is 323 g/mol. The zero-order chi connectivity index (χ0) is 13.7. The Bertz CT molecular complexity index is 542. The minimum absolute atomic E-state index is 0.259. The maximum absolute atomic E-state index is 13.5. The molecule has 2 aromatic carbocycles. The maximum atomic E-state index is 13.5. The van der Waals surface area contributed by atoms with Crippen molar-refractivity contribution in [2.24, 2.45) is 5.73 Å². The Morgan fingerprint density at radius 2 is 1.74 bits per heavy atom. The van der Waals surface area contributed by atoms with Crippen LogP contribution in [-0.4, -0.2) is 6.54 Å². The first-order valence-corrected chi connectivity index (χ1v) is 6.84. The number of hydrogen-bond donors (Lipinski definition) is 1. The Balaban J connectivity index is 1.98. The maximum Gasteiger partial charge on any atom is 0.166 e. The lowest BCUT2D eigenvalue weighted by atomic mass is 10.1. The van der Waals surface area contributed by atoms with E-state index in [0.29, 0.717) is 17.6 Å². The molecule has 0 unspecified atom stereocenters. The Labute approximate surface area is 120 Å². The highest BCUT2D eigenvalue weighted by Crippen LogP contribution is 2.22. The molecule has 2 N–H and O–H groups in total. The normalized spacial score (nSPS) is 10.5. The molecule has 0 aliphatic rings. The summed E-state index contributed by atoms with van der Waals surface area (Å²) in [6.45, 7) is 0.988. The molecule has 0 fully saturated rings. The molecule has 2 nitrogen and oxygen atoms in total.